The van der Waals surface area contributed by atoms with E-state index in [2.05, 4.69) is 36.2 Å². The van der Waals surface area contributed by atoms with Gasteiger partial charge in [0.1, 0.15) is 10.6 Å². The van der Waals surface area contributed by atoms with Crippen LogP contribution in [0.1, 0.15) is 37.7 Å². The fraction of sp³-hybridized carbons (Fsp3) is 0.346. The molecule has 2 saturated carbocycles. The number of alkyl halides is 1. The molecule has 0 radical (unpaired) electrons. The number of carbonyl (C=O) groups excluding carboxylic acids is 1. The number of pyridine rings is 2. The van der Waals surface area contributed by atoms with Gasteiger partial charge in [0.25, 0.3) is 0 Å². The van der Waals surface area contributed by atoms with Gasteiger partial charge in [0, 0.05) is 41.8 Å². The molecule has 34 heavy (non-hydrogen) atoms. The van der Waals surface area contributed by atoms with E-state index in [0.717, 1.165) is 59.8 Å². The molecule has 2 aliphatic rings. The Morgan fingerprint density at radius 1 is 1.15 bits per heavy atom. The van der Waals surface area contributed by atoms with E-state index in [4.69, 9.17) is 0 Å². The number of aliphatic imine (C=N–C) groups is 1. The zero-order valence-corrected chi connectivity index (χ0v) is 20.2. The number of benzene rings is 1. The molecule has 3 aromatic rings. The number of ketones is 1. The Balaban J connectivity index is 1.33. The number of anilines is 2. The summed E-state index contributed by atoms with van der Waals surface area (Å²) in [6, 6.07) is 10.5. The Morgan fingerprint density at radius 3 is 2.62 bits per heavy atom. The van der Waals surface area contributed by atoms with Crippen molar-refractivity contribution in [2.75, 3.05) is 5.32 Å². The molecule has 2 aliphatic carbocycles. The largest absolute Gasteiger partial charge is 0.480 e. The molecule has 2 heterocycles. The van der Waals surface area contributed by atoms with Crippen LogP contribution in [0.15, 0.2) is 60.0 Å². The molecule has 174 valence electrons. The van der Waals surface area contributed by atoms with Crippen molar-refractivity contribution in [3.05, 3.63) is 60.6 Å². The molecule has 0 saturated heterocycles. The molecule has 0 bridgehead atoms. The first-order valence-electron chi connectivity index (χ1n) is 11.5. The lowest BCUT2D eigenvalue weighted by atomic mass is 9.58. The number of rotatable bonds is 6. The standard InChI is InChI=1S/C26H25BrN4O3/c27-21-22(26(23(21)32)10-2-1-3-11-26)31-20(25(33)34)14-16-4-6-18(7-5-16)30-24-19-15-28-12-8-17(19)9-13-29-24/h4-9,12-13,15,20-21H,1-3,10-11,14H2,(H,29,30)(H,33,34). The molecule has 2 atom stereocenters. The number of hydrogen-bond donors (Lipinski definition) is 2. The summed E-state index contributed by atoms with van der Waals surface area (Å²) < 4.78 is 0. The topological polar surface area (TPSA) is 105 Å². The predicted molar refractivity (Wildman–Crippen MR) is 135 cm³/mol. The SMILES string of the molecule is O=C(O)C(Cc1ccc(Nc2nccc3ccncc23)cc1)N=C1C(Br)C(=O)C12CCCCC2. The lowest BCUT2D eigenvalue weighted by Gasteiger charge is -2.47. The minimum Gasteiger partial charge on any atom is -0.480 e. The van der Waals surface area contributed by atoms with Crippen LogP contribution in [0, 0.1) is 5.41 Å². The summed E-state index contributed by atoms with van der Waals surface area (Å²) in [4.78, 5) is 37.4. The Hall–Kier alpha value is -3.13. The summed E-state index contributed by atoms with van der Waals surface area (Å²) in [5, 5.41) is 15.1. The Labute approximate surface area is 205 Å². The molecule has 2 fully saturated rings. The molecule has 8 heteroatoms. The van der Waals surface area contributed by atoms with Crippen LogP contribution >= 0.6 is 15.9 Å². The molecule has 1 spiro atoms. The normalized spacial score (nSPS) is 21.4. The first-order chi connectivity index (χ1) is 16.5. The molecule has 2 unspecified atom stereocenters. The van der Waals surface area contributed by atoms with E-state index in [-0.39, 0.29) is 12.2 Å². The fourth-order valence-electron chi connectivity index (χ4n) is 5.05. The van der Waals surface area contributed by atoms with Crippen molar-refractivity contribution in [1.29, 1.82) is 0 Å². The van der Waals surface area contributed by atoms with Crippen molar-refractivity contribution in [2.45, 2.75) is 49.4 Å². The molecular weight excluding hydrogens is 496 g/mol. The molecule has 2 N–H and O–H groups in total. The van der Waals surface area contributed by atoms with Crippen molar-refractivity contribution in [2.24, 2.45) is 10.4 Å². The van der Waals surface area contributed by atoms with Gasteiger partial charge in [0.05, 0.1) is 5.41 Å². The quantitative estimate of drug-likeness (QED) is 0.437. The smallest absolute Gasteiger partial charge is 0.328 e. The van der Waals surface area contributed by atoms with Crippen LogP contribution in [-0.2, 0) is 16.0 Å². The van der Waals surface area contributed by atoms with Gasteiger partial charge >= 0.3 is 5.97 Å². The number of carboxylic acids is 1. The molecule has 5 rings (SSSR count). The van der Waals surface area contributed by atoms with Crippen LogP contribution in [0.5, 0.6) is 0 Å². The van der Waals surface area contributed by atoms with Gasteiger partial charge in [0.2, 0.25) is 0 Å². The van der Waals surface area contributed by atoms with Crippen molar-refractivity contribution >= 4 is 55.7 Å². The first kappa shape index (κ1) is 22.7. The summed E-state index contributed by atoms with van der Waals surface area (Å²) in [7, 11) is 0. The minimum atomic E-state index is -0.979. The van der Waals surface area contributed by atoms with E-state index in [0.29, 0.717) is 5.82 Å². The second-order valence-electron chi connectivity index (χ2n) is 9.02. The summed E-state index contributed by atoms with van der Waals surface area (Å²) in [5.41, 5.74) is 1.88. The number of fused-ring (bicyclic) bond motifs is 1. The van der Waals surface area contributed by atoms with Crippen LogP contribution in [0.25, 0.3) is 10.8 Å². The zero-order chi connectivity index (χ0) is 23.7. The van der Waals surface area contributed by atoms with Gasteiger partial charge in [-0.25, -0.2) is 9.78 Å². The number of nitrogens with one attached hydrogen (secondary N) is 1. The molecule has 7 nitrogen and oxygen atoms in total. The maximum atomic E-state index is 12.6. The van der Waals surface area contributed by atoms with Gasteiger partial charge in [-0.05, 0) is 48.1 Å². The zero-order valence-electron chi connectivity index (χ0n) is 18.6. The van der Waals surface area contributed by atoms with Crippen LogP contribution in [0.2, 0.25) is 0 Å². The third-order valence-electron chi connectivity index (χ3n) is 6.93. The van der Waals surface area contributed by atoms with Gasteiger partial charge in [-0.1, -0.05) is 47.3 Å². The summed E-state index contributed by atoms with van der Waals surface area (Å²) in [6.07, 6.45) is 10.2. The number of aliphatic carboxylic acids is 1. The average molecular weight is 521 g/mol. The van der Waals surface area contributed by atoms with Gasteiger partial charge in [-0.15, -0.1) is 0 Å². The molecule has 0 aliphatic heterocycles. The Bertz CT molecular complexity index is 1260. The lowest BCUT2D eigenvalue weighted by Crippen LogP contribution is -2.61. The number of aromatic nitrogens is 2. The van der Waals surface area contributed by atoms with E-state index in [9.17, 15) is 14.7 Å². The van der Waals surface area contributed by atoms with Crippen LogP contribution < -0.4 is 5.32 Å². The third kappa shape index (κ3) is 4.11. The van der Waals surface area contributed by atoms with E-state index in [1.807, 2.05) is 36.4 Å². The number of nitrogens with zero attached hydrogens (tertiary/aromatic N) is 3. The van der Waals surface area contributed by atoms with Crippen molar-refractivity contribution in [3.8, 4) is 0 Å². The second kappa shape index (κ2) is 9.25. The Kier molecular flexibility index (Phi) is 6.16. The maximum absolute atomic E-state index is 12.6. The summed E-state index contributed by atoms with van der Waals surface area (Å²) in [6.45, 7) is 0. The maximum Gasteiger partial charge on any atom is 0.328 e. The highest BCUT2D eigenvalue weighted by Gasteiger charge is 2.58. The fourth-order valence-corrected chi connectivity index (χ4v) is 6.05. The number of carboxylic acid groups (broad SMARTS) is 1. The minimum absolute atomic E-state index is 0.155. The van der Waals surface area contributed by atoms with E-state index in [1.54, 1.807) is 18.6 Å². The molecule has 2 aromatic heterocycles. The number of halogens is 1. The number of Topliss-reactive ketones (excluding diaryl/α,β-unsaturated/α-hetero) is 1. The highest BCUT2D eigenvalue weighted by molar-refractivity contribution is 9.10. The van der Waals surface area contributed by atoms with E-state index < -0.39 is 22.3 Å². The number of hydrogen-bond acceptors (Lipinski definition) is 6. The van der Waals surface area contributed by atoms with Crippen LogP contribution in [-0.4, -0.2) is 43.4 Å². The first-order valence-corrected chi connectivity index (χ1v) is 12.4. The predicted octanol–water partition coefficient (Wildman–Crippen LogP) is 5.11. The molecule has 0 amide bonds. The van der Waals surface area contributed by atoms with Gasteiger partial charge in [-0.3, -0.25) is 14.8 Å². The highest BCUT2D eigenvalue weighted by atomic mass is 79.9. The second-order valence-corrected chi connectivity index (χ2v) is 9.94. The highest BCUT2D eigenvalue weighted by Crippen LogP contribution is 2.49. The lowest BCUT2D eigenvalue weighted by molar-refractivity contribution is -0.138. The van der Waals surface area contributed by atoms with Crippen LogP contribution in [0.4, 0.5) is 11.5 Å². The summed E-state index contributed by atoms with van der Waals surface area (Å²) >= 11 is 3.43. The number of carbonyl (C=O) groups is 2. The third-order valence-corrected chi connectivity index (χ3v) is 7.78. The monoisotopic (exact) mass is 520 g/mol. The van der Waals surface area contributed by atoms with Crippen molar-refractivity contribution in [3.63, 3.8) is 0 Å². The van der Waals surface area contributed by atoms with Crippen molar-refractivity contribution < 1.29 is 14.7 Å². The van der Waals surface area contributed by atoms with E-state index >= 15 is 0 Å². The van der Waals surface area contributed by atoms with Gasteiger partial charge < -0.3 is 10.4 Å². The Morgan fingerprint density at radius 2 is 1.88 bits per heavy atom. The molecular formula is C26H25BrN4O3. The van der Waals surface area contributed by atoms with Crippen LogP contribution in [0.3, 0.4) is 0 Å². The molecule has 1 aromatic carbocycles. The van der Waals surface area contributed by atoms with E-state index in [1.165, 1.54) is 0 Å². The van der Waals surface area contributed by atoms with Gasteiger partial charge in [-0.2, -0.15) is 0 Å². The van der Waals surface area contributed by atoms with Gasteiger partial charge in [0.15, 0.2) is 11.8 Å². The average Bonchev–Trinajstić information content (AvgIpc) is 2.87. The summed E-state index contributed by atoms with van der Waals surface area (Å²) in [5.74, 6) is -0.112. The van der Waals surface area contributed by atoms with Crippen molar-refractivity contribution in [1.82, 2.24) is 9.97 Å².